The fraction of sp³-hybridized carbons (Fsp3) is 0.306. The third-order valence-corrected chi connectivity index (χ3v) is 8.41. The molecule has 0 radical (unpaired) electrons. The summed E-state index contributed by atoms with van der Waals surface area (Å²) in [5, 5.41) is 3.42. The predicted molar refractivity (Wildman–Crippen MR) is 174 cm³/mol. The van der Waals surface area contributed by atoms with Gasteiger partial charge in [-0.25, -0.2) is 9.59 Å². The van der Waals surface area contributed by atoms with E-state index in [0.717, 1.165) is 57.9 Å². The first kappa shape index (κ1) is 31.4. The molecular weight excluding hydrogens is 570 g/mol. The van der Waals surface area contributed by atoms with Gasteiger partial charge in [0, 0.05) is 65.4 Å². The topological polar surface area (TPSA) is 97.4 Å². The molecule has 0 aromatic heterocycles. The quantitative estimate of drug-likeness (QED) is 0.201. The van der Waals surface area contributed by atoms with Crippen molar-refractivity contribution in [2.24, 2.45) is 0 Å². The van der Waals surface area contributed by atoms with Gasteiger partial charge in [-0.2, -0.15) is 0 Å². The Kier molecular flexibility index (Phi) is 8.99. The van der Waals surface area contributed by atoms with Gasteiger partial charge >= 0.3 is 11.9 Å². The van der Waals surface area contributed by atoms with E-state index in [-0.39, 0.29) is 25.7 Å². The van der Waals surface area contributed by atoms with Crippen molar-refractivity contribution >= 4 is 29.2 Å². The number of esters is 2. The molecule has 1 unspecified atom stereocenters. The van der Waals surface area contributed by atoms with Crippen LogP contribution in [-0.4, -0.2) is 62.1 Å². The van der Waals surface area contributed by atoms with E-state index in [4.69, 9.17) is 14.2 Å². The predicted octanol–water partition coefficient (Wildman–Crippen LogP) is 5.87. The summed E-state index contributed by atoms with van der Waals surface area (Å²) in [6, 6.07) is 15.8. The summed E-state index contributed by atoms with van der Waals surface area (Å²) in [5.74, 6) is 0.0534. The number of fused-ring (bicyclic) bond motifs is 6. The molecule has 234 valence electrons. The Hall–Kier alpha value is -5.05. The van der Waals surface area contributed by atoms with Crippen molar-refractivity contribution in [2.75, 3.05) is 49.6 Å². The van der Waals surface area contributed by atoms with Crippen molar-refractivity contribution in [1.82, 2.24) is 4.90 Å². The minimum Gasteiger partial charge on any atom is -0.461 e. The molecule has 5 rings (SSSR count). The molecule has 0 saturated carbocycles. The van der Waals surface area contributed by atoms with Crippen LogP contribution in [0.2, 0.25) is 0 Å². The Morgan fingerprint density at radius 1 is 0.933 bits per heavy atom. The zero-order chi connectivity index (χ0) is 32.3. The van der Waals surface area contributed by atoms with Crippen LogP contribution in [0.3, 0.4) is 0 Å². The van der Waals surface area contributed by atoms with Gasteiger partial charge in [0.05, 0.1) is 13.1 Å². The average Bonchev–Trinajstić information content (AvgIpc) is 3.28. The molecule has 1 atom stereocenters. The molecule has 0 saturated heterocycles. The van der Waals surface area contributed by atoms with E-state index >= 15 is 0 Å². The molecule has 2 aliphatic heterocycles. The molecule has 3 aromatic carbocycles. The molecule has 1 N–H and O–H groups in total. The van der Waals surface area contributed by atoms with Gasteiger partial charge in [0.25, 0.3) is 5.91 Å². The molecule has 3 aromatic rings. The van der Waals surface area contributed by atoms with Crippen LogP contribution < -0.4 is 15.0 Å². The molecule has 1 spiro atoms. The van der Waals surface area contributed by atoms with Crippen molar-refractivity contribution in [1.29, 1.82) is 0 Å². The summed E-state index contributed by atoms with van der Waals surface area (Å²) in [4.78, 5) is 41.8. The van der Waals surface area contributed by atoms with Crippen LogP contribution >= 0.6 is 0 Å². The minimum atomic E-state index is -1.05. The van der Waals surface area contributed by atoms with Gasteiger partial charge in [-0.3, -0.25) is 4.79 Å². The molecule has 2 heterocycles. The smallest absolute Gasteiger partial charge is 0.330 e. The van der Waals surface area contributed by atoms with Crippen LogP contribution in [0.5, 0.6) is 11.5 Å². The van der Waals surface area contributed by atoms with E-state index in [1.807, 2.05) is 64.1 Å². The summed E-state index contributed by atoms with van der Waals surface area (Å²) < 4.78 is 17.4. The summed E-state index contributed by atoms with van der Waals surface area (Å²) in [6.45, 7) is 17.3. The van der Waals surface area contributed by atoms with Crippen LogP contribution in [-0.2, 0) is 24.6 Å². The molecule has 45 heavy (non-hydrogen) atoms. The highest BCUT2D eigenvalue weighted by Gasteiger charge is 2.56. The van der Waals surface area contributed by atoms with Gasteiger partial charge in [-0.15, -0.1) is 0 Å². The Bertz CT molecular complexity index is 1680. The molecule has 9 heteroatoms. The Morgan fingerprint density at radius 3 is 2.24 bits per heavy atom. The molecule has 1 amide bonds. The number of anilines is 2. The van der Waals surface area contributed by atoms with Crippen molar-refractivity contribution in [3.05, 3.63) is 107 Å². The van der Waals surface area contributed by atoms with Crippen LogP contribution in [0.25, 0.3) is 0 Å². The fourth-order valence-electron chi connectivity index (χ4n) is 6.42. The molecule has 9 nitrogen and oxygen atoms in total. The lowest BCUT2D eigenvalue weighted by molar-refractivity contribution is -0.138. The summed E-state index contributed by atoms with van der Waals surface area (Å²) in [6.07, 6.45) is 2.27. The monoisotopic (exact) mass is 609 g/mol. The number of likely N-dealkylation sites (N-methyl/N-ethyl adjacent to an activating group) is 1. The number of rotatable bonds is 12. The SMILES string of the molecule is C=CC(=O)OCCN(CC)c1cc2c(cc1C)C1(c3cc(C)c(NCC)cc3O2)c2ccccc2C(=O)N1CCOC(=O)C=C. The van der Waals surface area contributed by atoms with E-state index in [9.17, 15) is 14.4 Å². The number of carbonyl (C=O) groups is 3. The Labute approximate surface area is 264 Å². The summed E-state index contributed by atoms with van der Waals surface area (Å²) >= 11 is 0. The van der Waals surface area contributed by atoms with Crippen LogP contribution in [0, 0.1) is 13.8 Å². The zero-order valence-corrected chi connectivity index (χ0v) is 26.3. The van der Waals surface area contributed by atoms with Gasteiger partial charge in [0.15, 0.2) is 0 Å². The normalized spacial score (nSPS) is 15.8. The van der Waals surface area contributed by atoms with E-state index in [2.05, 4.69) is 35.5 Å². The van der Waals surface area contributed by atoms with Crippen molar-refractivity contribution in [3.63, 3.8) is 0 Å². The standard InChI is InChI=1S/C36H39N3O6/c1-7-33(40)43-17-15-38(10-4)30-22-32-28(20-24(30)6)36(27-19-23(5)29(37-9-3)21-31(27)45-32)26-14-12-11-13-25(26)35(42)39(36)16-18-44-34(41)8-2/h7-8,11-14,19-22,37H,1-2,9-10,15-18H2,3-6H3. The first-order valence-corrected chi connectivity index (χ1v) is 15.2. The number of nitrogens with one attached hydrogen (secondary N) is 1. The second kappa shape index (κ2) is 12.9. The maximum atomic E-state index is 14.2. The highest BCUT2D eigenvalue weighted by atomic mass is 16.5. The van der Waals surface area contributed by atoms with Crippen molar-refractivity contribution < 1.29 is 28.6 Å². The molecule has 2 aliphatic rings. The van der Waals surface area contributed by atoms with E-state index in [1.54, 1.807) is 4.90 Å². The first-order valence-electron chi connectivity index (χ1n) is 15.2. The van der Waals surface area contributed by atoms with Gasteiger partial charge in [0.1, 0.15) is 30.3 Å². The van der Waals surface area contributed by atoms with Crippen molar-refractivity contribution in [2.45, 2.75) is 33.2 Å². The van der Waals surface area contributed by atoms with Gasteiger partial charge in [-0.05, 0) is 62.6 Å². The number of ether oxygens (including phenoxy) is 3. The van der Waals surface area contributed by atoms with E-state index in [0.29, 0.717) is 30.2 Å². The molecule has 0 fully saturated rings. The fourth-order valence-corrected chi connectivity index (χ4v) is 6.42. The highest BCUT2D eigenvalue weighted by molar-refractivity contribution is 6.02. The number of nitrogens with zero attached hydrogens (tertiary/aromatic N) is 2. The number of hydrogen-bond donors (Lipinski definition) is 1. The minimum absolute atomic E-state index is 0.00355. The van der Waals surface area contributed by atoms with Crippen LogP contribution in [0.4, 0.5) is 11.4 Å². The number of benzene rings is 3. The Morgan fingerprint density at radius 2 is 1.58 bits per heavy atom. The van der Waals surface area contributed by atoms with Crippen LogP contribution in [0.1, 0.15) is 52.0 Å². The van der Waals surface area contributed by atoms with Gasteiger partial charge in [0.2, 0.25) is 0 Å². The molecule has 0 bridgehead atoms. The zero-order valence-electron chi connectivity index (χ0n) is 26.3. The van der Waals surface area contributed by atoms with Crippen LogP contribution in [0.15, 0.2) is 73.8 Å². The average molecular weight is 610 g/mol. The number of aryl methyl sites for hydroxylation is 2. The third-order valence-electron chi connectivity index (χ3n) is 8.41. The number of amides is 1. The largest absolute Gasteiger partial charge is 0.461 e. The van der Waals surface area contributed by atoms with E-state index in [1.165, 1.54) is 0 Å². The number of carbonyl (C=O) groups excluding carboxylic acids is 3. The van der Waals surface area contributed by atoms with Gasteiger partial charge < -0.3 is 29.3 Å². The second-order valence-corrected chi connectivity index (χ2v) is 11.0. The van der Waals surface area contributed by atoms with Gasteiger partial charge in [-0.1, -0.05) is 31.4 Å². The Balaban J connectivity index is 1.73. The lowest BCUT2D eigenvalue weighted by Crippen LogP contribution is -2.49. The highest BCUT2D eigenvalue weighted by Crippen LogP contribution is 2.58. The maximum Gasteiger partial charge on any atom is 0.330 e. The lowest BCUT2D eigenvalue weighted by atomic mass is 9.73. The van der Waals surface area contributed by atoms with E-state index < -0.39 is 17.5 Å². The third kappa shape index (κ3) is 5.43. The maximum absolute atomic E-state index is 14.2. The summed E-state index contributed by atoms with van der Waals surface area (Å²) in [5.41, 5.74) is 5.85. The second-order valence-electron chi connectivity index (χ2n) is 11.0. The lowest BCUT2D eigenvalue weighted by Gasteiger charge is -2.45. The summed E-state index contributed by atoms with van der Waals surface area (Å²) in [7, 11) is 0. The molecular formula is C36H39N3O6. The first-order chi connectivity index (χ1) is 21.7. The van der Waals surface area contributed by atoms with Crippen molar-refractivity contribution in [3.8, 4) is 11.5 Å². The molecule has 0 aliphatic carbocycles. The number of hydrogen-bond acceptors (Lipinski definition) is 8.